The average molecular weight is 200 g/mol. The molecule has 2 nitrogen and oxygen atoms in total. The van der Waals surface area contributed by atoms with E-state index in [1.54, 1.807) is 11.9 Å². The molecule has 0 radical (unpaired) electrons. The van der Waals surface area contributed by atoms with Gasteiger partial charge in [-0.05, 0) is 25.7 Å². The Hall–Kier alpha value is -1.16. The van der Waals surface area contributed by atoms with Crippen LogP contribution in [0.4, 0.5) is 14.5 Å². The van der Waals surface area contributed by atoms with Crippen molar-refractivity contribution >= 4 is 5.69 Å². The van der Waals surface area contributed by atoms with E-state index in [0.29, 0.717) is 0 Å². The zero-order valence-corrected chi connectivity index (χ0v) is 8.35. The van der Waals surface area contributed by atoms with Crippen molar-refractivity contribution in [2.45, 2.75) is 13.5 Å². The van der Waals surface area contributed by atoms with Gasteiger partial charge in [-0.25, -0.2) is 8.78 Å². The van der Waals surface area contributed by atoms with Crippen molar-refractivity contribution in [2.24, 2.45) is 0 Å². The molecule has 14 heavy (non-hydrogen) atoms. The predicted octanol–water partition coefficient (Wildman–Crippen LogP) is 2.00. The molecule has 1 rings (SSSR count). The first-order valence-electron chi connectivity index (χ1n) is 4.47. The van der Waals surface area contributed by atoms with Crippen LogP contribution in [0.2, 0.25) is 0 Å². The lowest BCUT2D eigenvalue weighted by atomic mass is 10.1. The van der Waals surface area contributed by atoms with E-state index in [-0.39, 0.29) is 17.8 Å². The van der Waals surface area contributed by atoms with E-state index in [1.165, 1.54) is 12.1 Å². The number of anilines is 1. The molecule has 78 valence electrons. The summed E-state index contributed by atoms with van der Waals surface area (Å²) in [6.07, 6.45) is 0. The van der Waals surface area contributed by atoms with Crippen LogP contribution in [0.25, 0.3) is 0 Å². The molecule has 0 aliphatic heterocycles. The Labute approximate surface area is 82.3 Å². The predicted molar refractivity (Wildman–Crippen MR) is 52.8 cm³/mol. The molecule has 0 fully saturated rings. The summed E-state index contributed by atoms with van der Waals surface area (Å²) in [5, 5.41) is 0. The Balaban J connectivity index is 3.00. The van der Waals surface area contributed by atoms with Crippen molar-refractivity contribution in [3.8, 4) is 0 Å². The molecule has 0 unspecified atom stereocenters. The van der Waals surface area contributed by atoms with Crippen molar-refractivity contribution in [1.29, 1.82) is 0 Å². The maximum absolute atomic E-state index is 13.4. The van der Waals surface area contributed by atoms with Crippen LogP contribution in [0.1, 0.15) is 12.5 Å². The van der Waals surface area contributed by atoms with E-state index in [1.807, 2.05) is 6.92 Å². The molecular weight excluding hydrogens is 186 g/mol. The van der Waals surface area contributed by atoms with Crippen molar-refractivity contribution in [1.82, 2.24) is 4.90 Å². The second-order valence-corrected chi connectivity index (χ2v) is 3.26. The Kier molecular flexibility index (Phi) is 3.41. The van der Waals surface area contributed by atoms with Gasteiger partial charge in [0.2, 0.25) is 0 Å². The van der Waals surface area contributed by atoms with Crippen LogP contribution in [0.15, 0.2) is 12.1 Å². The first-order chi connectivity index (χ1) is 6.56. The molecule has 0 amide bonds. The maximum Gasteiger partial charge on any atom is 0.153 e. The summed E-state index contributed by atoms with van der Waals surface area (Å²) in [5.41, 5.74) is 5.37. The second-order valence-electron chi connectivity index (χ2n) is 3.26. The van der Waals surface area contributed by atoms with Crippen LogP contribution in [0, 0.1) is 11.6 Å². The highest BCUT2D eigenvalue weighted by molar-refractivity contribution is 5.43. The molecule has 0 spiro atoms. The lowest BCUT2D eigenvalue weighted by molar-refractivity contribution is 0.332. The van der Waals surface area contributed by atoms with E-state index in [9.17, 15) is 8.78 Å². The van der Waals surface area contributed by atoms with E-state index < -0.39 is 11.6 Å². The van der Waals surface area contributed by atoms with Crippen LogP contribution in [-0.2, 0) is 6.54 Å². The van der Waals surface area contributed by atoms with Crippen molar-refractivity contribution in [3.05, 3.63) is 29.3 Å². The summed E-state index contributed by atoms with van der Waals surface area (Å²) >= 11 is 0. The van der Waals surface area contributed by atoms with Gasteiger partial charge in [0.25, 0.3) is 0 Å². The van der Waals surface area contributed by atoms with Gasteiger partial charge in [0.05, 0.1) is 5.69 Å². The van der Waals surface area contributed by atoms with Gasteiger partial charge < -0.3 is 10.6 Å². The third-order valence-electron chi connectivity index (χ3n) is 2.18. The third-order valence-corrected chi connectivity index (χ3v) is 2.18. The molecule has 4 heteroatoms. The summed E-state index contributed by atoms with van der Waals surface area (Å²) in [7, 11) is 1.79. The number of rotatable bonds is 3. The first kappa shape index (κ1) is 10.9. The maximum atomic E-state index is 13.4. The number of nitrogens with two attached hydrogens (primary N) is 1. The molecule has 0 saturated carbocycles. The first-order valence-corrected chi connectivity index (χ1v) is 4.47. The fourth-order valence-electron chi connectivity index (χ4n) is 1.14. The minimum Gasteiger partial charge on any atom is -0.396 e. The summed E-state index contributed by atoms with van der Waals surface area (Å²) in [6, 6.07) is 2.43. The second kappa shape index (κ2) is 4.37. The number of nitrogen functional groups attached to an aromatic ring is 1. The summed E-state index contributed by atoms with van der Waals surface area (Å²) in [4.78, 5) is 1.81. The number of hydrogen-bond donors (Lipinski definition) is 1. The Morgan fingerprint density at radius 3 is 2.57 bits per heavy atom. The van der Waals surface area contributed by atoms with Crippen molar-refractivity contribution < 1.29 is 8.78 Å². The molecule has 0 aromatic heterocycles. The lowest BCUT2D eigenvalue weighted by Gasteiger charge is -2.15. The SMILES string of the molecule is CCN(C)Cc1c(F)ccc(N)c1F. The van der Waals surface area contributed by atoms with Crippen LogP contribution < -0.4 is 5.73 Å². The van der Waals surface area contributed by atoms with Gasteiger partial charge >= 0.3 is 0 Å². The van der Waals surface area contributed by atoms with Gasteiger partial charge in [-0.15, -0.1) is 0 Å². The standard InChI is InChI=1S/C10H14F2N2/c1-3-14(2)6-7-8(11)4-5-9(13)10(7)12/h4-5H,3,6,13H2,1-2H3. The van der Waals surface area contributed by atoms with Gasteiger partial charge in [-0.3, -0.25) is 0 Å². The highest BCUT2D eigenvalue weighted by Crippen LogP contribution is 2.19. The average Bonchev–Trinajstić information content (AvgIpc) is 2.18. The van der Waals surface area contributed by atoms with E-state index in [4.69, 9.17) is 5.73 Å². The topological polar surface area (TPSA) is 29.3 Å². The molecular formula is C10H14F2N2. The third kappa shape index (κ3) is 2.20. The van der Waals surface area contributed by atoms with E-state index in [0.717, 1.165) is 6.54 Å². The molecule has 1 aromatic rings. The van der Waals surface area contributed by atoms with Gasteiger partial charge in [0.1, 0.15) is 5.82 Å². The number of halogens is 2. The number of benzene rings is 1. The molecule has 2 N–H and O–H groups in total. The molecule has 0 aliphatic carbocycles. The number of hydrogen-bond acceptors (Lipinski definition) is 2. The van der Waals surface area contributed by atoms with Crippen molar-refractivity contribution in [2.75, 3.05) is 19.3 Å². The van der Waals surface area contributed by atoms with Gasteiger partial charge in [0.15, 0.2) is 5.82 Å². The van der Waals surface area contributed by atoms with Crippen molar-refractivity contribution in [3.63, 3.8) is 0 Å². The fraction of sp³-hybridized carbons (Fsp3) is 0.400. The number of nitrogens with zero attached hydrogens (tertiary/aromatic N) is 1. The van der Waals surface area contributed by atoms with Gasteiger partial charge in [-0.1, -0.05) is 6.92 Å². The largest absolute Gasteiger partial charge is 0.396 e. The molecule has 0 atom stereocenters. The highest BCUT2D eigenvalue weighted by atomic mass is 19.1. The summed E-state index contributed by atoms with van der Waals surface area (Å²) in [6.45, 7) is 2.88. The van der Waals surface area contributed by atoms with Gasteiger partial charge in [-0.2, -0.15) is 0 Å². The zero-order valence-electron chi connectivity index (χ0n) is 8.35. The van der Waals surface area contributed by atoms with E-state index >= 15 is 0 Å². The smallest absolute Gasteiger partial charge is 0.153 e. The fourth-order valence-corrected chi connectivity index (χ4v) is 1.14. The van der Waals surface area contributed by atoms with Crippen LogP contribution in [0.5, 0.6) is 0 Å². The molecule has 0 bridgehead atoms. The molecule has 1 aromatic carbocycles. The monoisotopic (exact) mass is 200 g/mol. The minimum absolute atomic E-state index is 0.00842. The van der Waals surface area contributed by atoms with Crippen LogP contribution in [-0.4, -0.2) is 18.5 Å². The molecule has 0 heterocycles. The van der Waals surface area contributed by atoms with Crippen LogP contribution in [0.3, 0.4) is 0 Å². The Morgan fingerprint density at radius 2 is 2.00 bits per heavy atom. The van der Waals surface area contributed by atoms with Gasteiger partial charge in [0, 0.05) is 12.1 Å². The quantitative estimate of drug-likeness (QED) is 0.756. The summed E-state index contributed by atoms with van der Waals surface area (Å²) < 4.78 is 26.6. The Morgan fingerprint density at radius 1 is 1.36 bits per heavy atom. The highest BCUT2D eigenvalue weighted by Gasteiger charge is 2.12. The summed E-state index contributed by atoms with van der Waals surface area (Å²) in [5.74, 6) is -1.19. The molecule has 0 aliphatic rings. The van der Waals surface area contributed by atoms with E-state index in [2.05, 4.69) is 0 Å². The van der Waals surface area contributed by atoms with Crippen LogP contribution >= 0.6 is 0 Å². The minimum atomic E-state index is -0.648. The Bertz CT molecular complexity index is 326. The zero-order chi connectivity index (χ0) is 10.7. The normalized spacial score (nSPS) is 10.9. The molecule has 0 saturated heterocycles. The lowest BCUT2D eigenvalue weighted by Crippen LogP contribution is -2.19.